The first-order chi connectivity index (χ1) is 13.1. The smallest absolute Gasteiger partial charge is 0.347 e. The second-order valence-electron chi connectivity index (χ2n) is 4.74. The molecule has 2 aromatic rings. The third-order valence-electron chi connectivity index (χ3n) is 3.08. The fraction of sp³-hybridized carbons (Fsp3) is 0.238. The Bertz CT molecular complexity index is 741. The lowest BCUT2D eigenvalue weighted by atomic mass is 10.2. The van der Waals surface area contributed by atoms with Crippen LogP contribution in [0.25, 0.3) is 6.08 Å². The maximum Gasteiger partial charge on any atom is 0.347 e. The Hall–Kier alpha value is -2.65. The van der Waals surface area contributed by atoms with Gasteiger partial charge in [0.25, 0.3) is 0 Å². The van der Waals surface area contributed by atoms with E-state index < -0.39 is 5.97 Å². The van der Waals surface area contributed by atoms with E-state index in [4.69, 9.17) is 19.0 Å². The first-order valence-corrected chi connectivity index (χ1v) is 9.40. The highest BCUT2D eigenvalue weighted by Crippen LogP contribution is 2.30. The molecule has 5 nitrogen and oxygen atoms in total. The highest BCUT2D eigenvalue weighted by molar-refractivity contribution is 7.15. The predicted molar refractivity (Wildman–Crippen MR) is 113 cm³/mol. The van der Waals surface area contributed by atoms with Crippen molar-refractivity contribution in [2.24, 2.45) is 0 Å². The standard InChI is InChI=1S/C18H18O4.C2H4O.CH5P/c1-4-7-13-10-11-16(17(12-13)21-3)22-18(19)14-8-5-6-9-15(14)20-2;1-2-3;1-2/h4-12H,1-3H3;2H,1H3;2H2,1H3/b7-4+;;. The van der Waals surface area contributed by atoms with Crippen LogP contribution >= 0.6 is 9.24 Å². The molecule has 27 heavy (non-hydrogen) atoms. The van der Waals surface area contributed by atoms with Crippen LogP contribution in [0, 0.1) is 0 Å². The molecule has 0 aliphatic heterocycles. The first-order valence-electron chi connectivity index (χ1n) is 8.24. The number of carbonyl (C=O) groups excluding carboxylic acids is 2. The van der Waals surface area contributed by atoms with E-state index >= 15 is 0 Å². The van der Waals surface area contributed by atoms with Crippen LogP contribution in [0.1, 0.15) is 29.8 Å². The minimum Gasteiger partial charge on any atom is -0.496 e. The predicted octanol–water partition coefficient (Wildman–Crippen LogP) is 4.65. The van der Waals surface area contributed by atoms with Crippen LogP contribution in [0.3, 0.4) is 0 Å². The Morgan fingerprint density at radius 1 is 0.926 bits per heavy atom. The minimum atomic E-state index is -0.491. The number of rotatable bonds is 5. The van der Waals surface area contributed by atoms with Gasteiger partial charge in [-0.25, -0.2) is 4.79 Å². The Labute approximate surface area is 163 Å². The molecule has 1 atom stereocenters. The highest BCUT2D eigenvalue weighted by atomic mass is 31.0. The van der Waals surface area contributed by atoms with E-state index in [-0.39, 0.29) is 0 Å². The first kappa shape index (κ1) is 24.4. The van der Waals surface area contributed by atoms with Gasteiger partial charge >= 0.3 is 5.97 Å². The van der Waals surface area contributed by atoms with Gasteiger partial charge in [-0.1, -0.05) is 37.0 Å². The minimum absolute atomic E-state index is 0.365. The number of allylic oxidation sites excluding steroid dienone is 1. The van der Waals surface area contributed by atoms with Crippen LogP contribution in [-0.2, 0) is 4.79 Å². The van der Waals surface area contributed by atoms with Crippen molar-refractivity contribution in [3.8, 4) is 17.2 Å². The summed E-state index contributed by atoms with van der Waals surface area (Å²) < 4.78 is 15.9. The number of hydrogen-bond acceptors (Lipinski definition) is 5. The molecule has 2 aromatic carbocycles. The molecule has 0 saturated heterocycles. The lowest BCUT2D eigenvalue weighted by Crippen LogP contribution is -2.10. The summed E-state index contributed by atoms with van der Waals surface area (Å²) in [7, 11) is 5.47. The molecule has 6 heteroatoms. The van der Waals surface area contributed by atoms with Crippen LogP contribution in [0.5, 0.6) is 17.2 Å². The molecule has 0 aromatic heterocycles. The molecule has 0 radical (unpaired) electrons. The van der Waals surface area contributed by atoms with Gasteiger partial charge in [0, 0.05) is 0 Å². The number of aldehydes is 1. The maximum atomic E-state index is 12.3. The summed E-state index contributed by atoms with van der Waals surface area (Å²) in [5.41, 5.74) is 1.33. The molecule has 0 amide bonds. The SMILES string of the molecule is C/C=C/c1ccc(OC(=O)c2ccccc2OC)c(OC)c1.CC=O.CP. The largest absolute Gasteiger partial charge is 0.496 e. The quantitative estimate of drug-likeness (QED) is 0.322. The summed E-state index contributed by atoms with van der Waals surface area (Å²) in [4.78, 5) is 21.1. The molecule has 2 rings (SSSR count). The molecule has 0 saturated carbocycles. The van der Waals surface area contributed by atoms with Gasteiger partial charge in [-0.3, -0.25) is 0 Å². The van der Waals surface area contributed by atoms with E-state index in [1.54, 1.807) is 30.3 Å². The van der Waals surface area contributed by atoms with E-state index in [9.17, 15) is 4.79 Å². The van der Waals surface area contributed by atoms with Gasteiger partial charge < -0.3 is 19.0 Å². The summed E-state index contributed by atoms with van der Waals surface area (Å²) in [5, 5.41) is 0. The van der Waals surface area contributed by atoms with Gasteiger partial charge in [0.2, 0.25) is 0 Å². The number of carbonyl (C=O) groups is 2. The Morgan fingerprint density at radius 2 is 1.52 bits per heavy atom. The highest BCUT2D eigenvalue weighted by Gasteiger charge is 2.16. The molecule has 0 bridgehead atoms. The fourth-order valence-corrected chi connectivity index (χ4v) is 2.03. The molecular formula is C21H27O5P. The number of methoxy groups -OCH3 is 2. The lowest BCUT2D eigenvalue weighted by molar-refractivity contribution is -0.106. The molecule has 1 unspecified atom stereocenters. The average Bonchev–Trinajstić information content (AvgIpc) is 2.71. The van der Waals surface area contributed by atoms with Gasteiger partial charge in [0.15, 0.2) is 11.5 Å². The second kappa shape index (κ2) is 14.5. The second-order valence-corrected chi connectivity index (χ2v) is 4.74. The van der Waals surface area contributed by atoms with Crippen molar-refractivity contribution in [1.29, 1.82) is 0 Å². The van der Waals surface area contributed by atoms with Crippen molar-refractivity contribution in [3.05, 3.63) is 59.7 Å². The molecule has 0 heterocycles. The molecule has 0 aliphatic carbocycles. The van der Waals surface area contributed by atoms with Crippen LogP contribution in [-0.4, -0.2) is 33.1 Å². The van der Waals surface area contributed by atoms with Crippen molar-refractivity contribution < 1.29 is 23.8 Å². The molecule has 0 spiro atoms. The third kappa shape index (κ3) is 8.06. The van der Waals surface area contributed by atoms with Crippen molar-refractivity contribution >= 4 is 27.6 Å². The van der Waals surface area contributed by atoms with E-state index in [1.165, 1.54) is 21.1 Å². The summed E-state index contributed by atoms with van der Waals surface area (Å²) in [6.45, 7) is 5.29. The fourth-order valence-electron chi connectivity index (χ4n) is 2.03. The zero-order valence-electron chi connectivity index (χ0n) is 16.4. The summed E-state index contributed by atoms with van der Waals surface area (Å²) >= 11 is 0. The normalized spacial score (nSPS) is 9.26. The monoisotopic (exact) mass is 390 g/mol. The molecule has 0 aliphatic rings. The van der Waals surface area contributed by atoms with E-state index in [1.807, 2.05) is 37.9 Å². The summed E-state index contributed by atoms with van der Waals surface area (Å²) in [6.07, 6.45) is 4.61. The van der Waals surface area contributed by atoms with Crippen LogP contribution < -0.4 is 14.2 Å². The van der Waals surface area contributed by atoms with E-state index in [2.05, 4.69) is 9.24 Å². The van der Waals surface area contributed by atoms with Crippen LogP contribution in [0.4, 0.5) is 0 Å². The zero-order chi connectivity index (χ0) is 20.7. The Morgan fingerprint density at radius 3 is 2.07 bits per heavy atom. The average molecular weight is 390 g/mol. The van der Waals surface area contributed by atoms with E-state index in [0.717, 1.165) is 11.8 Å². The number of benzene rings is 2. The number of ether oxygens (including phenoxy) is 3. The van der Waals surface area contributed by atoms with Gasteiger partial charge in [0.1, 0.15) is 17.6 Å². The number of para-hydroxylation sites is 1. The molecule has 0 N–H and O–H groups in total. The van der Waals surface area contributed by atoms with Crippen molar-refractivity contribution in [3.63, 3.8) is 0 Å². The molecule has 146 valence electrons. The van der Waals surface area contributed by atoms with Crippen molar-refractivity contribution in [2.45, 2.75) is 13.8 Å². The zero-order valence-corrected chi connectivity index (χ0v) is 17.5. The number of hydrogen-bond donors (Lipinski definition) is 0. The molecular weight excluding hydrogens is 363 g/mol. The lowest BCUT2D eigenvalue weighted by Gasteiger charge is -2.11. The van der Waals surface area contributed by atoms with Crippen LogP contribution in [0.15, 0.2) is 48.5 Å². The summed E-state index contributed by atoms with van der Waals surface area (Å²) in [5.74, 6) is 0.844. The van der Waals surface area contributed by atoms with Crippen molar-refractivity contribution in [2.75, 3.05) is 20.9 Å². The third-order valence-corrected chi connectivity index (χ3v) is 3.08. The van der Waals surface area contributed by atoms with E-state index in [0.29, 0.717) is 22.8 Å². The Kier molecular flexibility index (Phi) is 13.1. The topological polar surface area (TPSA) is 61.8 Å². The Balaban J connectivity index is 0.00000123. The summed E-state index contributed by atoms with van der Waals surface area (Å²) in [6, 6.07) is 12.3. The van der Waals surface area contributed by atoms with Crippen LogP contribution in [0.2, 0.25) is 0 Å². The molecule has 0 fully saturated rings. The van der Waals surface area contributed by atoms with Gasteiger partial charge in [-0.15, -0.1) is 9.24 Å². The van der Waals surface area contributed by atoms with Gasteiger partial charge in [0.05, 0.1) is 14.2 Å². The van der Waals surface area contributed by atoms with Gasteiger partial charge in [-0.2, -0.15) is 0 Å². The number of esters is 1. The van der Waals surface area contributed by atoms with Crippen molar-refractivity contribution in [1.82, 2.24) is 0 Å². The van der Waals surface area contributed by atoms with Gasteiger partial charge in [-0.05, 0) is 43.7 Å². The maximum absolute atomic E-state index is 12.3.